The van der Waals surface area contributed by atoms with Crippen molar-refractivity contribution in [2.45, 2.75) is 59.5 Å². The molecule has 1 N–H and O–H groups in total. The van der Waals surface area contributed by atoms with Gasteiger partial charge >= 0.3 is 0 Å². The molecule has 0 bridgehead atoms. The summed E-state index contributed by atoms with van der Waals surface area (Å²) in [6.07, 6.45) is 7.63. The van der Waals surface area contributed by atoms with Crippen LogP contribution in [0.15, 0.2) is 12.4 Å². The van der Waals surface area contributed by atoms with Crippen LogP contribution in [-0.4, -0.2) is 22.1 Å². The van der Waals surface area contributed by atoms with Crippen LogP contribution in [0, 0.1) is 11.3 Å². The summed E-state index contributed by atoms with van der Waals surface area (Å²) < 4.78 is 2.31. The van der Waals surface area contributed by atoms with Gasteiger partial charge in [0, 0.05) is 31.4 Å². The monoisotopic (exact) mass is 249 g/mol. The molecule has 1 aromatic heterocycles. The predicted octanol–water partition coefficient (Wildman–Crippen LogP) is 2.86. The van der Waals surface area contributed by atoms with Crippen LogP contribution in [0.25, 0.3) is 0 Å². The van der Waals surface area contributed by atoms with E-state index in [0.29, 0.717) is 11.5 Å². The van der Waals surface area contributed by atoms with Crippen molar-refractivity contribution < 1.29 is 0 Å². The van der Waals surface area contributed by atoms with Crippen molar-refractivity contribution in [3.8, 4) is 0 Å². The third kappa shape index (κ3) is 2.94. The molecule has 0 spiro atoms. The number of likely N-dealkylation sites (N-methyl/N-ethyl adjacent to an activating group) is 1. The van der Waals surface area contributed by atoms with E-state index in [9.17, 15) is 0 Å². The van der Waals surface area contributed by atoms with Gasteiger partial charge in [-0.25, -0.2) is 4.98 Å². The van der Waals surface area contributed by atoms with Crippen LogP contribution >= 0.6 is 0 Å². The Labute approximate surface area is 111 Å². The third-order valence-electron chi connectivity index (χ3n) is 4.21. The van der Waals surface area contributed by atoms with Crippen LogP contribution in [-0.2, 0) is 13.0 Å². The average molecular weight is 249 g/mol. The minimum Gasteiger partial charge on any atom is -0.335 e. The lowest BCUT2D eigenvalue weighted by Crippen LogP contribution is -2.35. The van der Waals surface area contributed by atoms with E-state index in [2.05, 4.69) is 48.8 Å². The van der Waals surface area contributed by atoms with Crippen molar-refractivity contribution in [3.05, 3.63) is 18.2 Å². The summed E-state index contributed by atoms with van der Waals surface area (Å²) >= 11 is 0. The number of hydrogen-bond acceptors (Lipinski definition) is 2. The highest BCUT2D eigenvalue weighted by atomic mass is 15.1. The molecule has 1 fully saturated rings. The molecule has 0 aliphatic heterocycles. The minimum atomic E-state index is 0.523. The quantitative estimate of drug-likeness (QED) is 0.805. The molecular formula is C15H27N3. The van der Waals surface area contributed by atoms with E-state index >= 15 is 0 Å². The largest absolute Gasteiger partial charge is 0.335 e. The maximum Gasteiger partial charge on any atom is 0.110 e. The third-order valence-corrected chi connectivity index (χ3v) is 4.21. The normalized spacial score (nSPS) is 23.0. The Morgan fingerprint density at radius 2 is 2.22 bits per heavy atom. The number of nitrogens with zero attached hydrogens (tertiary/aromatic N) is 2. The lowest BCUT2D eigenvalue weighted by atomic mass is 10.0. The smallest absolute Gasteiger partial charge is 0.110 e. The zero-order chi connectivity index (χ0) is 13.2. The molecule has 1 aromatic rings. The van der Waals surface area contributed by atoms with Crippen LogP contribution < -0.4 is 5.32 Å². The van der Waals surface area contributed by atoms with E-state index in [0.717, 1.165) is 25.4 Å². The molecule has 0 aromatic carbocycles. The summed E-state index contributed by atoms with van der Waals surface area (Å²) in [7, 11) is 0. The molecular weight excluding hydrogens is 222 g/mol. The first-order valence-corrected chi connectivity index (χ1v) is 7.32. The Hall–Kier alpha value is -0.830. The van der Waals surface area contributed by atoms with Gasteiger partial charge in [-0.05, 0) is 30.7 Å². The number of aromatic nitrogens is 2. The predicted molar refractivity (Wildman–Crippen MR) is 75.6 cm³/mol. The molecule has 1 saturated carbocycles. The summed E-state index contributed by atoms with van der Waals surface area (Å²) in [5.74, 6) is 2.05. The first kappa shape index (κ1) is 13.6. The second kappa shape index (κ2) is 5.43. The van der Waals surface area contributed by atoms with Gasteiger partial charge in [-0.2, -0.15) is 0 Å². The fourth-order valence-electron chi connectivity index (χ4n) is 2.98. The molecule has 3 nitrogen and oxygen atoms in total. The summed E-state index contributed by atoms with van der Waals surface area (Å²) in [6.45, 7) is 11.3. The van der Waals surface area contributed by atoms with E-state index in [4.69, 9.17) is 0 Å². The zero-order valence-corrected chi connectivity index (χ0v) is 12.2. The Balaban J connectivity index is 2.02. The van der Waals surface area contributed by atoms with Crippen LogP contribution in [0.1, 0.15) is 46.4 Å². The maximum absolute atomic E-state index is 4.54. The second-order valence-electron chi connectivity index (χ2n) is 6.20. The highest BCUT2D eigenvalue weighted by Crippen LogP contribution is 2.53. The lowest BCUT2D eigenvalue weighted by Gasteiger charge is -2.20. The highest BCUT2D eigenvalue weighted by molar-refractivity contribution is 5.06. The molecule has 0 amide bonds. The van der Waals surface area contributed by atoms with Gasteiger partial charge in [-0.15, -0.1) is 0 Å². The average Bonchev–Trinajstić information content (AvgIpc) is 2.73. The first-order valence-electron chi connectivity index (χ1n) is 7.32. The van der Waals surface area contributed by atoms with Gasteiger partial charge in [0.1, 0.15) is 5.82 Å². The fourth-order valence-corrected chi connectivity index (χ4v) is 2.98. The molecule has 2 unspecified atom stereocenters. The molecule has 1 aliphatic rings. The van der Waals surface area contributed by atoms with E-state index in [1.807, 2.05) is 6.20 Å². The van der Waals surface area contributed by atoms with Gasteiger partial charge in [0.2, 0.25) is 0 Å². The Bertz CT molecular complexity index is 381. The van der Waals surface area contributed by atoms with Gasteiger partial charge in [-0.1, -0.05) is 27.7 Å². The van der Waals surface area contributed by atoms with E-state index in [1.54, 1.807) is 0 Å². The summed E-state index contributed by atoms with van der Waals surface area (Å²) in [5.41, 5.74) is 0.523. The van der Waals surface area contributed by atoms with Crippen LogP contribution in [0.5, 0.6) is 0 Å². The number of rotatable bonds is 7. The highest BCUT2D eigenvalue weighted by Gasteiger charge is 2.49. The first-order chi connectivity index (χ1) is 8.58. The van der Waals surface area contributed by atoms with Gasteiger partial charge in [0.05, 0.1) is 0 Å². The van der Waals surface area contributed by atoms with E-state index < -0.39 is 0 Å². The van der Waals surface area contributed by atoms with Gasteiger partial charge in [0.15, 0.2) is 0 Å². The van der Waals surface area contributed by atoms with Gasteiger partial charge in [-0.3, -0.25) is 0 Å². The SMILES string of the molecule is CCCn1ccnc1CC(NCC)C1CC1(C)C. The van der Waals surface area contributed by atoms with Crippen molar-refractivity contribution in [1.29, 1.82) is 0 Å². The molecule has 1 heterocycles. The summed E-state index contributed by atoms with van der Waals surface area (Å²) in [4.78, 5) is 4.54. The molecule has 2 rings (SSSR count). The maximum atomic E-state index is 4.54. The Morgan fingerprint density at radius 1 is 1.50 bits per heavy atom. The number of imidazole rings is 1. The Morgan fingerprint density at radius 3 is 2.78 bits per heavy atom. The summed E-state index contributed by atoms with van der Waals surface area (Å²) in [6, 6.07) is 0.586. The van der Waals surface area contributed by atoms with Crippen LogP contribution in [0.2, 0.25) is 0 Å². The van der Waals surface area contributed by atoms with Crippen molar-refractivity contribution in [2.75, 3.05) is 6.54 Å². The van der Waals surface area contributed by atoms with E-state index in [-0.39, 0.29) is 0 Å². The van der Waals surface area contributed by atoms with Gasteiger partial charge < -0.3 is 9.88 Å². The molecule has 1 aliphatic carbocycles. The van der Waals surface area contributed by atoms with Crippen molar-refractivity contribution in [1.82, 2.24) is 14.9 Å². The second-order valence-corrected chi connectivity index (χ2v) is 6.20. The molecule has 18 heavy (non-hydrogen) atoms. The van der Waals surface area contributed by atoms with Crippen LogP contribution in [0.3, 0.4) is 0 Å². The number of aryl methyl sites for hydroxylation is 1. The molecule has 0 radical (unpaired) electrons. The standard InChI is InChI=1S/C15H27N3/c1-5-8-18-9-7-17-14(18)10-13(16-6-2)12-11-15(12,3)4/h7,9,12-13,16H,5-6,8,10-11H2,1-4H3. The molecule has 3 heteroatoms. The molecule has 102 valence electrons. The fraction of sp³-hybridized carbons (Fsp3) is 0.800. The lowest BCUT2D eigenvalue weighted by molar-refractivity contribution is 0.398. The van der Waals surface area contributed by atoms with Crippen LogP contribution in [0.4, 0.5) is 0 Å². The van der Waals surface area contributed by atoms with Crippen molar-refractivity contribution in [2.24, 2.45) is 11.3 Å². The van der Waals surface area contributed by atoms with Crippen molar-refractivity contribution >= 4 is 0 Å². The number of nitrogens with one attached hydrogen (secondary N) is 1. The molecule has 0 saturated heterocycles. The number of hydrogen-bond donors (Lipinski definition) is 1. The topological polar surface area (TPSA) is 29.9 Å². The summed E-state index contributed by atoms with van der Waals surface area (Å²) in [5, 5.41) is 3.65. The zero-order valence-electron chi connectivity index (χ0n) is 12.2. The minimum absolute atomic E-state index is 0.523. The molecule has 2 atom stereocenters. The Kier molecular flexibility index (Phi) is 4.10. The van der Waals surface area contributed by atoms with E-state index in [1.165, 1.54) is 18.7 Å². The van der Waals surface area contributed by atoms with Gasteiger partial charge in [0.25, 0.3) is 0 Å². The van der Waals surface area contributed by atoms with Crippen molar-refractivity contribution in [3.63, 3.8) is 0 Å².